The lowest BCUT2D eigenvalue weighted by Gasteiger charge is -2.34. The standard InChI is InChI=1S/C35H44ClN3O4S/c1-26-20-21-31(23-27(26)2)39(44(3,42)43)22-12-19-34(40)38(25-29-15-10-11-18-32(29)36)33(24-28-13-6-4-7-14-28)35(41)37-30-16-8-5-9-17-30/h4,6-7,10-11,13-15,18,20-21,23,30,33H,5,8-9,12,16-17,19,22,24-25H2,1-3H3,(H,37,41)/t33-/m0/s1. The summed E-state index contributed by atoms with van der Waals surface area (Å²) in [5.41, 5.74) is 4.34. The van der Waals surface area contributed by atoms with Crippen LogP contribution >= 0.6 is 11.6 Å². The number of amides is 2. The van der Waals surface area contributed by atoms with E-state index >= 15 is 0 Å². The first kappa shape index (κ1) is 33.5. The minimum Gasteiger partial charge on any atom is -0.352 e. The van der Waals surface area contributed by atoms with Crippen molar-refractivity contribution >= 4 is 39.1 Å². The number of hydrogen-bond acceptors (Lipinski definition) is 4. The molecule has 0 aromatic heterocycles. The predicted molar refractivity (Wildman–Crippen MR) is 178 cm³/mol. The molecule has 0 unspecified atom stereocenters. The fourth-order valence-corrected chi connectivity index (χ4v) is 6.95. The molecule has 0 heterocycles. The van der Waals surface area contributed by atoms with Gasteiger partial charge >= 0.3 is 0 Å². The average Bonchev–Trinajstić information content (AvgIpc) is 3.00. The number of carbonyl (C=O) groups is 2. The van der Waals surface area contributed by atoms with E-state index in [2.05, 4.69) is 5.32 Å². The summed E-state index contributed by atoms with van der Waals surface area (Å²) in [7, 11) is -3.58. The normalized spacial score (nSPS) is 14.5. The second-order valence-corrected chi connectivity index (χ2v) is 14.2. The fourth-order valence-electron chi connectivity index (χ4n) is 5.79. The van der Waals surface area contributed by atoms with Gasteiger partial charge in [0.15, 0.2) is 0 Å². The second kappa shape index (κ2) is 15.6. The molecule has 236 valence electrons. The highest BCUT2D eigenvalue weighted by atomic mass is 35.5. The number of rotatable bonds is 13. The molecule has 0 bridgehead atoms. The third-order valence-corrected chi connectivity index (χ3v) is 10.0. The Kier molecular flexibility index (Phi) is 11.9. The maximum Gasteiger partial charge on any atom is 0.243 e. The molecule has 0 radical (unpaired) electrons. The number of nitrogens with zero attached hydrogens (tertiary/aromatic N) is 2. The average molecular weight is 638 g/mol. The van der Waals surface area contributed by atoms with Gasteiger partial charge in [0.05, 0.1) is 11.9 Å². The zero-order valence-electron chi connectivity index (χ0n) is 26.0. The highest BCUT2D eigenvalue weighted by Crippen LogP contribution is 2.25. The largest absolute Gasteiger partial charge is 0.352 e. The van der Waals surface area contributed by atoms with Gasteiger partial charge in [0.1, 0.15) is 6.04 Å². The third kappa shape index (κ3) is 9.32. The van der Waals surface area contributed by atoms with E-state index in [4.69, 9.17) is 11.6 Å². The Morgan fingerprint density at radius 1 is 0.932 bits per heavy atom. The molecular weight excluding hydrogens is 594 g/mol. The number of halogens is 1. The minimum atomic E-state index is -3.58. The zero-order chi connectivity index (χ0) is 31.7. The van der Waals surface area contributed by atoms with E-state index < -0.39 is 16.1 Å². The summed E-state index contributed by atoms with van der Waals surface area (Å²) < 4.78 is 26.9. The molecule has 1 fully saturated rings. The molecule has 3 aromatic rings. The number of hydrogen-bond donors (Lipinski definition) is 1. The van der Waals surface area contributed by atoms with Gasteiger partial charge in [0.25, 0.3) is 0 Å². The molecule has 3 aromatic carbocycles. The molecule has 1 saturated carbocycles. The van der Waals surface area contributed by atoms with Gasteiger partial charge in [0.2, 0.25) is 21.8 Å². The van der Waals surface area contributed by atoms with Crippen LogP contribution in [0.4, 0.5) is 5.69 Å². The molecule has 1 atom stereocenters. The van der Waals surface area contributed by atoms with E-state index in [0.717, 1.165) is 47.9 Å². The summed E-state index contributed by atoms with van der Waals surface area (Å²) in [6.07, 6.45) is 7.09. The fraction of sp³-hybridized carbons (Fsp3) is 0.429. The van der Waals surface area contributed by atoms with Crippen molar-refractivity contribution in [2.45, 2.75) is 83.8 Å². The SMILES string of the molecule is Cc1ccc(N(CCCC(=O)N(Cc2ccccc2Cl)[C@@H](Cc2ccccc2)C(=O)NC2CCCCC2)S(C)(=O)=O)cc1C. The minimum absolute atomic E-state index is 0.0727. The van der Waals surface area contributed by atoms with E-state index in [1.165, 1.54) is 17.0 Å². The van der Waals surface area contributed by atoms with Crippen LogP contribution in [0.15, 0.2) is 72.8 Å². The van der Waals surface area contributed by atoms with Crippen LogP contribution < -0.4 is 9.62 Å². The molecule has 0 spiro atoms. The Labute approximate surface area is 267 Å². The van der Waals surface area contributed by atoms with Gasteiger partial charge in [-0.25, -0.2) is 8.42 Å². The van der Waals surface area contributed by atoms with Crippen LogP contribution in [-0.2, 0) is 32.6 Å². The molecule has 1 aliphatic rings. The smallest absolute Gasteiger partial charge is 0.243 e. The van der Waals surface area contributed by atoms with Crippen molar-refractivity contribution in [2.75, 3.05) is 17.1 Å². The van der Waals surface area contributed by atoms with Crippen molar-refractivity contribution < 1.29 is 18.0 Å². The summed E-state index contributed by atoms with van der Waals surface area (Å²) in [5, 5.41) is 3.77. The molecule has 1 aliphatic carbocycles. The lowest BCUT2D eigenvalue weighted by molar-refractivity contribution is -0.141. The number of benzene rings is 3. The maximum absolute atomic E-state index is 14.1. The van der Waals surface area contributed by atoms with Crippen molar-refractivity contribution in [1.82, 2.24) is 10.2 Å². The first-order valence-electron chi connectivity index (χ1n) is 15.4. The summed E-state index contributed by atoms with van der Waals surface area (Å²) in [4.78, 5) is 29.7. The molecule has 2 amide bonds. The van der Waals surface area contributed by atoms with E-state index in [1.54, 1.807) is 17.0 Å². The van der Waals surface area contributed by atoms with Crippen LogP contribution in [0.3, 0.4) is 0 Å². The Hall–Kier alpha value is -3.36. The number of nitrogens with one attached hydrogen (secondary N) is 1. The third-order valence-electron chi connectivity index (χ3n) is 8.45. The molecule has 0 saturated heterocycles. The number of anilines is 1. The molecule has 7 nitrogen and oxygen atoms in total. The molecule has 44 heavy (non-hydrogen) atoms. The Morgan fingerprint density at radius 3 is 2.27 bits per heavy atom. The Balaban J connectivity index is 1.60. The van der Waals surface area contributed by atoms with Crippen molar-refractivity contribution in [3.63, 3.8) is 0 Å². The van der Waals surface area contributed by atoms with Gasteiger partial charge < -0.3 is 10.2 Å². The van der Waals surface area contributed by atoms with Crippen LogP contribution in [0.2, 0.25) is 5.02 Å². The first-order chi connectivity index (χ1) is 21.0. The lowest BCUT2D eigenvalue weighted by Crippen LogP contribution is -2.53. The van der Waals surface area contributed by atoms with Crippen molar-refractivity contribution in [3.05, 3.63) is 100 Å². The van der Waals surface area contributed by atoms with Gasteiger partial charge in [0, 0.05) is 37.0 Å². The van der Waals surface area contributed by atoms with Gasteiger partial charge in [-0.15, -0.1) is 0 Å². The molecule has 9 heteroatoms. The van der Waals surface area contributed by atoms with Crippen LogP contribution in [0.25, 0.3) is 0 Å². The summed E-state index contributed by atoms with van der Waals surface area (Å²) >= 11 is 6.55. The highest BCUT2D eigenvalue weighted by molar-refractivity contribution is 7.92. The van der Waals surface area contributed by atoms with Crippen LogP contribution in [0, 0.1) is 13.8 Å². The Bertz CT molecular complexity index is 1520. The van der Waals surface area contributed by atoms with E-state index in [1.807, 2.05) is 74.5 Å². The van der Waals surface area contributed by atoms with Gasteiger partial charge in [-0.3, -0.25) is 13.9 Å². The monoisotopic (exact) mass is 637 g/mol. The quantitative estimate of drug-likeness (QED) is 0.229. The number of sulfonamides is 1. The van der Waals surface area contributed by atoms with E-state index in [0.29, 0.717) is 23.6 Å². The molecule has 1 N–H and O–H groups in total. The first-order valence-corrected chi connectivity index (χ1v) is 17.7. The lowest BCUT2D eigenvalue weighted by atomic mass is 9.94. The maximum atomic E-state index is 14.1. The number of carbonyl (C=O) groups excluding carboxylic acids is 2. The highest BCUT2D eigenvalue weighted by Gasteiger charge is 2.32. The zero-order valence-corrected chi connectivity index (χ0v) is 27.5. The van der Waals surface area contributed by atoms with Gasteiger partial charge in [-0.2, -0.15) is 0 Å². The van der Waals surface area contributed by atoms with Crippen molar-refractivity contribution in [1.29, 1.82) is 0 Å². The van der Waals surface area contributed by atoms with Crippen molar-refractivity contribution in [3.8, 4) is 0 Å². The molecule has 0 aliphatic heterocycles. The Morgan fingerprint density at radius 2 is 1.61 bits per heavy atom. The van der Waals surface area contributed by atoms with Gasteiger partial charge in [-0.1, -0.05) is 85.5 Å². The number of aryl methyl sites for hydroxylation is 2. The van der Waals surface area contributed by atoms with Crippen LogP contribution in [0.5, 0.6) is 0 Å². The molecule has 4 rings (SSSR count). The van der Waals surface area contributed by atoms with Crippen LogP contribution in [-0.4, -0.2) is 50.0 Å². The second-order valence-electron chi connectivity index (χ2n) is 11.9. The van der Waals surface area contributed by atoms with Crippen molar-refractivity contribution in [2.24, 2.45) is 0 Å². The predicted octanol–water partition coefficient (Wildman–Crippen LogP) is 6.59. The van der Waals surface area contributed by atoms with Gasteiger partial charge in [-0.05, 0) is 73.6 Å². The van der Waals surface area contributed by atoms with Crippen LogP contribution in [0.1, 0.15) is 67.2 Å². The topological polar surface area (TPSA) is 86.8 Å². The summed E-state index contributed by atoms with van der Waals surface area (Å²) in [5.74, 6) is -0.396. The summed E-state index contributed by atoms with van der Waals surface area (Å²) in [6.45, 7) is 4.23. The van der Waals surface area contributed by atoms with E-state index in [-0.39, 0.29) is 37.4 Å². The summed E-state index contributed by atoms with van der Waals surface area (Å²) in [6, 6.07) is 21.9. The van der Waals surface area contributed by atoms with E-state index in [9.17, 15) is 18.0 Å². The molecular formula is C35H44ClN3O4S.